The summed E-state index contributed by atoms with van der Waals surface area (Å²) >= 11 is 0. The number of rotatable bonds is 12. The molecule has 2 atom stereocenters. The molecular formula is C19H42N2O4. The molecule has 0 saturated heterocycles. The second-order valence-electron chi connectivity index (χ2n) is 6.53. The smallest absolute Gasteiger partial charge is 0.300 e. The number of carboxylic acid groups (broad SMARTS) is 2. The molecule has 0 aliphatic rings. The van der Waals surface area contributed by atoms with Gasteiger partial charge in [0.2, 0.25) is 0 Å². The average molecular weight is 363 g/mol. The molecule has 6 nitrogen and oxygen atoms in total. The maximum atomic E-state index is 9.00. The van der Waals surface area contributed by atoms with Gasteiger partial charge in [-0.3, -0.25) is 9.59 Å². The number of hydrogen-bond acceptors (Lipinski definition) is 4. The van der Waals surface area contributed by atoms with Crippen LogP contribution < -0.4 is 11.5 Å². The number of carboxylic acids is 2. The van der Waals surface area contributed by atoms with Crippen LogP contribution in [0.2, 0.25) is 0 Å². The van der Waals surface area contributed by atoms with Crippen LogP contribution in [0.5, 0.6) is 0 Å². The fourth-order valence-electron chi connectivity index (χ4n) is 2.13. The Balaban J connectivity index is -0.000000503. The molecular weight excluding hydrogens is 320 g/mol. The molecule has 0 rings (SSSR count). The predicted octanol–water partition coefficient (Wildman–Crippen LogP) is 4.15. The van der Waals surface area contributed by atoms with Crippen molar-refractivity contribution in [1.82, 2.24) is 0 Å². The van der Waals surface area contributed by atoms with E-state index in [1.165, 1.54) is 64.2 Å². The van der Waals surface area contributed by atoms with Gasteiger partial charge in [0.05, 0.1) is 0 Å². The zero-order valence-electron chi connectivity index (χ0n) is 16.8. The third kappa shape index (κ3) is 45.0. The first kappa shape index (κ1) is 28.7. The van der Waals surface area contributed by atoms with E-state index in [4.69, 9.17) is 31.3 Å². The van der Waals surface area contributed by atoms with Gasteiger partial charge in [-0.05, 0) is 13.3 Å². The van der Waals surface area contributed by atoms with Gasteiger partial charge >= 0.3 is 0 Å². The highest BCUT2D eigenvalue weighted by Gasteiger charge is 2.06. The van der Waals surface area contributed by atoms with Gasteiger partial charge in [0.25, 0.3) is 11.9 Å². The zero-order valence-corrected chi connectivity index (χ0v) is 16.8. The molecule has 0 amide bonds. The van der Waals surface area contributed by atoms with E-state index in [-0.39, 0.29) is 12.1 Å². The Hall–Kier alpha value is -1.14. The van der Waals surface area contributed by atoms with E-state index in [1.807, 2.05) is 6.92 Å². The zero-order chi connectivity index (χ0) is 20.1. The van der Waals surface area contributed by atoms with E-state index < -0.39 is 11.9 Å². The Bertz CT molecular complexity index is 277. The minimum Gasteiger partial charge on any atom is -0.481 e. The van der Waals surface area contributed by atoms with Crippen LogP contribution in [-0.4, -0.2) is 34.2 Å². The Morgan fingerprint density at radius 1 is 0.760 bits per heavy atom. The number of aliphatic carboxylic acids is 2. The molecule has 6 N–H and O–H groups in total. The lowest BCUT2D eigenvalue weighted by atomic mass is 10.0. The quantitative estimate of drug-likeness (QED) is 0.386. The van der Waals surface area contributed by atoms with Crippen molar-refractivity contribution < 1.29 is 19.8 Å². The Morgan fingerprint density at radius 3 is 1.32 bits per heavy atom. The van der Waals surface area contributed by atoms with Crippen molar-refractivity contribution in [3.05, 3.63) is 0 Å². The van der Waals surface area contributed by atoms with Gasteiger partial charge < -0.3 is 21.7 Å². The molecule has 0 aliphatic carbocycles. The van der Waals surface area contributed by atoms with E-state index in [2.05, 4.69) is 6.92 Å². The van der Waals surface area contributed by atoms with Crippen LogP contribution in [0.25, 0.3) is 0 Å². The van der Waals surface area contributed by atoms with Gasteiger partial charge in [-0.1, -0.05) is 71.1 Å². The highest BCUT2D eigenvalue weighted by atomic mass is 16.4. The monoisotopic (exact) mass is 362 g/mol. The molecule has 0 spiro atoms. The van der Waals surface area contributed by atoms with Crippen LogP contribution in [0.4, 0.5) is 0 Å². The normalized spacial score (nSPS) is 12.1. The van der Waals surface area contributed by atoms with Crippen LogP contribution in [-0.2, 0) is 9.59 Å². The standard InChI is InChI=1S/C15H34N2.2C2H4O2/c1-3-4-5-6-7-8-9-10-11-12-13-15(17)14(2)16;2*1-2(3)4/h14-15H,3-13,16-17H2,1-2H3;2*1H3,(H,3,4). The van der Waals surface area contributed by atoms with Gasteiger partial charge in [-0.25, -0.2) is 0 Å². The van der Waals surface area contributed by atoms with Crippen molar-refractivity contribution in [2.75, 3.05) is 0 Å². The molecule has 0 heterocycles. The topological polar surface area (TPSA) is 127 Å². The Labute approximate surface area is 154 Å². The summed E-state index contributed by atoms with van der Waals surface area (Å²) in [5, 5.41) is 14.8. The summed E-state index contributed by atoms with van der Waals surface area (Å²) in [4.78, 5) is 18.0. The van der Waals surface area contributed by atoms with Crippen molar-refractivity contribution in [1.29, 1.82) is 0 Å². The van der Waals surface area contributed by atoms with Crippen LogP contribution in [0.1, 0.15) is 98.3 Å². The minimum atomic E-state index is -0.833. The van der Waals surface area contributed by atoms with Crippen molar-refractivity contribution in [3.8, 4) is 0 Å². The summed E-state index contributed by atoms with van der Waals surface area (Å²) in [5.41, 5.74) is 11.6. The van der Waals surface area contributed by atoms with Gasteiger partial charge in [-0.2, -0.15) is 0 Å². The SMILES string of the molecule is CC(=O)O.CC(=O)O.CCCCCCCCCCCCC(N)C(C)N. The molecule has 0 fully saturated rings. The van der Waals surface area contributed by atoms with Crippen LogP contribution in [0, 0.1) is 0 Å². The molecule has 0 radical (unpaired) electrons. The molecule has 0 aromatic heterocycles. The van der Waals surface area contributed by atoms with E-state index in [0.29, 0.717) is 0 Å². The number of hydrogen-bond donors (Lipinski definition) is 4. The lowest BCUT2D eigenvalue weighted by molar-refractivity contribution is -0.135. The second-order valence-corrected chi connectivity index (χ2v) is 6.53. The average Bonchev–Trinajstić information content (AvgIpc) is 2.47. The molecule has 0 saturated carbocycles. The fourth-order valence-corrected chi connectivity index (χ4v) is 2.13. The number of unbranched alkanes of at least 4 members (excludes halogenated alkanes) is 9. The fraction of sp³-hybridized carbons (Fsp3) is 0.895. The first-order valence-corrected chi connectivity index (χ1v) is 9.55. The maximum Gasteiger partial charge on any atom is 0.300 e. The predicted molar refractivity (Wildman–Crippen MR) is 105 cm³/mol. The van der Waals surface area contributed by atoms with Gasteiger partial charge in [0.1, 0.15) is 0 Å². The lowest BCUT2D eigenvalue weighted by Gasteiger charge is -2.14. The molecule has 2 unspecified atom stereocenters. The van der Waals surface area contributed by atoms with Gasteiger partial charge in [0, 0.05) is 25.9 Å². The van der Waals surface area contributed by atoms with Gasteiger partial charge in [0.15, 0.2) is 0 Å². The summed E-state index contributed by atoms with van der Waals surface area (Å²) in [5.74, 6) is -1.67. The second kappa shape index (κ2) is 22.9. The number of carbonyl (C=O) groups is 2. The first-order valence-electron chi connectivity index (χ1n) is 9.55. The van der Waals surface area contributed by atoms with E-state index >= 15 is 0 Å². The third-order valence-electron chi connectivity index (χ3n) is 3.57. The molecule has 0 bridgehead atoms. The first-order chi connectivity index (χ1) is 11.6. The summed E-state index contributed by atoms with van der Waals surface area (Å²) in [6, 6.07) is 0.345. The largest absolute Gasteiger partial charge is 0.481 e. The molecule has 152 valence electrons. The summed E-state index contributed by atoms with van der Waals surface area (Å²) < 4.78 is 0. The van der Waals surface area contributed by atoms with Crippen LogP contribution in [0.15, 0.2) is 0 Å². The molecule has 25 heavy (non-hydrogen) atoms. The van der Waals surface area contributed by atoms with Crippen LogP contribution in [0.3, 0.4) is 0 Å². The Kier molecular flexibility index (Phi) is 26.2. The summed E-state index contributed by atoms with van der Waals surface area (Å²) in [6.07, 6.45) is 14.9. The lowest BCUT2D eigenvalue weighted by Crippen LogP contribution is -2.38. The van der Waals surface area contributed by atoms with E-state index in [9.17, 15) is 0 Å². The van der Waals surface area contributed by atoms with Gasteiger partial charge in [-0.15, -0.1) is 0 Å². The Morgan fingerprint density at radius 2 is 1.04 bits per heavy atom. The molecule has 0 aliphatic heterocycles. The number of nitrogens with two attached hydrogens (primary N) is 2. The molecule has 0 aromatic rings. The minimum absolute atomic E-state index is 0.147. The van der Waals surface area contributed by atoms with Crippen molar-refractivity contribution >= 4 is 11.9 Å². The molecule has 0 aromatic carbocycles. The maximum absolute atomic E-state index is 9.00. The van der Waals surface area contributed by atoms with Crippen LogP contribution >= 0.6 is 0 Å². The highest BCUT2D eigenvalue weighted by Crippen LogP contribution is 2.11. The highest BCUT2D eigenvalue weighted by molar-refractivity contribution is 5.63. The van der Waals surface area contributed by atoms with E-state index in [0.717, 1.165) is 20.3 Å². The van der Waals surface area contributed by atoms with E-state index in [1.54, 1.807) is 0 Å². The van der Waals surface area contributed by atoms with Crippen molar-refractivity contribution in [3.63, 3.8) is 0 Å². The van der Waals surface area contributed by atoms with Crippen molar-refractivity contribution in [2.45, 2.75) is 110 Å². The molecule has 6 heteroatoms. The summed E-state index contributed by atoms with van der Waals surface area (Å²) in [7, 11) is 0. The summed E-state index contributed by atoms with van der Waals surface area (Å²) in [6.45, 7) is 6.44. The third-order valence-corrected chi connectivity index (χ3v) is 3.57. The van der Waals surface area contributed by atoms with Crippen molar-refractivity contribution in [2.24, 2.45) is 11.5 Å².